The molecule has 3 aromatic rings. The van der Waals surface area contributed by atoms with E-state index >= 15 is 0 Å². The Kier molecular flexibility index (Phi) is 3.28. The maximum absolute atomic E-state index is 10.9. The van der Waals surface area contributed by atoms with E-state index in [2.05, 4.69) is 10.3 Å². The molecule has 0 saturated carbocycles. The van der Waals surface area contributed by atoms with Gasteiger partial charge in [0, 0.05) is 16.8 Å². The molecule has 2 N–H and O–H groups in total. The molecule has 0 spiro atoms. The van der Waals surface area contributed by atoms with Gasteiger partial charge in [0.2, 0.25) is 0 Å². The van der Waals surface area contributed by atoms with Crippen molar-refractivity contribution in [2.75, 3.05) is 5.32 Å². The van der Waals surface area contributed by atoms with Crippen LogP contribution in [0.3, 0.4) is 0 Å². The highest BCUT2D eigenvalue weighted by Gasteiger charge is 2.05. The first kappa shape index (κ1) is 13.1. The van der Waals surface area contributed by atoms with Crippen LogP contribution in [0.25, 0.3) is 10.9 Å². The smallest absolute Gasteiger partial charge is 0.335 e. The fraction of sp³-hybridized carbons (Fsp3) is 0.0588. The average Bonchev–Trinajstić information content (AvgIpc) is 2.48. The average molecular weight is 278 g/mol. The van der Waals surface area contributed by atoms with Crippen LogP contribution in [0.5, 0.6) is 0 Å². The normalized spacial score (nSPS) is 10.5. The van der Waals surface area contributed by atoms with E-state index in [1.54, 1.807) is 24.3 Å². The molecule has 0 atom stereocenters. The third kappa shape index (κ3) is 2.69. The lowest BCUT2D eigenvalue weighted by Gasteiger charge is -2.10. The first-order valence-electron chi connectivity index (χ1n) is 6.60. The van der Waals surface area contributed by atoms with Crippen molar-refractivity contribution in [3.05, 3.63) is 65.9 Å². The number of rotatable bonds is 3. The molecular weight excluding hydrogens is 264 g/mol. The van der Waals surface area contributed by atoms with Crippen molar-refractivity contribution in [3.8, 4) is 0 Å². The lowest BCUT2D eigenvalue weighted by molar-refractivity contribution is 0.0697. The standard InChI is InChI=1S/C17H14N2O2/c1-11-5-6-12-3-2-4-15(16(12)18-11)19-14-9-7-13(8-10-14)17(20)21/h2-10,19H,1H3,(H,20,21). The fourth-order valence-electron chi connectivity index (χ4n) is 2.20. The van der Waals surface area contributed by atoms with Gasteiger partial charge in [0.25, 0.3) is 0 Å². The number of hydrogen-bond acceptors (Lipinski definition) is 3. The molecule has 0 bridgehead atoms. The predicted octanol–water partition coefficient (Wildman–Crippen LogP) is 3.99. The second-order valence-corrected chi connectivity index (χ2v) is 4.84. The van der Waals surface area contributed by atoms with Gasteiger partial charge >= 0.3 is 5.97 Å². The minimum absolute atomic E-state index is 0.271. The number of carbonyl (C=O) groups is 1. The SMILES string of the molecule is Cc1ccc2cccc(Nc3ccc(C(=O)O)cc3)c2n1. The number of aromatic carboxylic acids is 1. The molecule has 1 aromatic heterocycles. The number of fused-ring (bicyclic) bond motifs is 1. The van der Waals surface area contributed by atoms with Gasteiger partial charge in [-0.1, -0.05) is 18.2 Å². The van der Waals surface area contributed by atoms with E-state index in [4.69, 9.17) is 5.11 Å². The van der Waals surface area contributed by atoms with Gasteiger partial charge in [0.1, 0.15) is 0 Å². The van der Waals surface area contributed by atoms with Gasteiger partial charge in [-0.3, -0.25) is 4.98 Å². The number of carboxylic acids is 1. The van der Waals surface area contributed by atoms with Crippen LogP contribution in [0.4, 0.5) is 11.4 Å². The maximum atomic E-state index is 10.9. The first-order valence-corrected chi connectivity index (χ1v) is 6.60. The number of nitrogens with one attached hydrogen (secondary N) is 1. The molecule has 0 fully saturated rings. The molecule has 4 nitrogen and oxygen atoms in total. The topological polar surface area (TPSA) is 62.2 Å². The Morgan fingerprint density at radius 1 is 1.05 bits per heavy atom. The lowest BCUT2D eigenvalue weighted by Crippen LogP contribution is -1.97. The van der Waals surface area contributed by atoms with Crippen LogP contribution >= 0.6 is 0 Å². The van der Waals surface area contributed by atoms with Gasteiger partial charge < -0.3 is 10.4 Å². The predicted molar refractivity (Wildman–Crippen MR) is 83.2 cm³/mol. The van der Waals surface area contributed by atoms with Crippen LogP contribution in [0.2, 0.25) is 0 Å². The van der Waals surface area contributed by atoms with Crippen molar-refractivity contribution in [2.24, 2.45) is 0 Å². The molecule has 0 aliphatic heterocycles. The minimum Gasteiger partial charge on any atom is -0.478 e. The maximum Gasteiger partial charge on any atom is 0.335 e. The Labute approximate surface area is 122 Å². The van der Waals surface area contributed by atoms with E-state index in [0.29, 0.717) is 0 Å². The van der Waals surface area contributed by atoms with Crippen LogP contribution in [0, 0.1) is 6.92 Å². The zero-order chi connectivity index (χ0) is 14.8. The van der Waals surface area contributed by atoms with Crippen LogP contribution < -0.4 is 5.32 Å². The highest BCUT2D eigenvalue weighted by Crippen LogP contribution is 2.25. The molecular formula is C17H14N2O2. The van der Waals surface area contributed by atoms with E-state index in [1.165, 1.54) is 0 Å². The first-order chi connectivity index (χ1) is 10.1. The fourth-order valence-corrected chi connectivity index (χ4v) is 2.20. The second-order valence-electron chi connectivity index (χ2n) is 4.84. The van der Waals surface area contributed by atoms with Gasteiger partial charge in [-0.05, 0) is 43.3 Å². The monoisotopic (exact) mass is 278 g/mol. The second kappa shape index (κ2) is 5.25. The number of aromatic nitrogens is 1. The molecule has 0 unspecified atom stereocenters. The quantitative estimate of drug-likeness (QED) is 0.760. The van der Waals surface area contributed by atoms with Crippen LogP contribution in [0.15, 0.2) is 54.6 Å². The highest BCUT2D eigenvalue weighted by atomic mass is 16.4. The molecule has 0 amide bonds. The number of anilines is 2. The molecule has 0 saturated heterocycles. The summed E-state index contributed by atoms with van der Waals surface area (Å²) in [5.74, 6) is -0.927. The van der Waals surface area contributed by atoms with Crippen LogP contribution in [-0.2, 0) is 0 Å². The van der Waals surface area contributed by atoms with Crippen molar-refractivity contribution >= 4 is 28.2 Å². The zero-order valence-electron chi connectivity index (χ0n) is 11.5. The summed E-state index contributed by atoms with van der Waals surface area (Å²) in [6.07, 6.45) is 0. The van der Waals surface area contributed by atoms with Gasteiger partial charge in [0.05, 0.1) is 16.8 Å². The van der Waals surface area contributed by atoms with Gasteiger partial charge in [-0.15, -0.1) is 0 Å². The molecule has 2 aromatic carbocycles. The molecule has 21 heavy (non-hydrogen) atoms. The molecule has 4 heteroatoms. The summed E-state index contributed by atoms with van der Waals surface area (Å²) in [4.78, 5) is 15.4. The van der Waals surface area contributed by atoms with Crippen LogP contribution in [-0.4, -0.2) is 16.1 Å². The molecule has 0 aliphatic rings. The Hall–Kier alpha value is -2.88. The van der Waals surface area contributed by atoms with E-state index in [0.717, 1.165) is 28.0 Å². The molecule has 1 heterocycles. The Morgan fingerprint density at radius 2 is 1.81 bits per heavy atom. The zero-order valence-corrected chi connectivity index (χ0v) is 11.5. The highest BCUT2D eigenvalue weighted by molar-refractivity contribution is 5.92. The van der Waals surface area contributed by atoms with E-state index in [-0.39, 0.29) is 5.56 Å². The third-order valence-corrected chi connectivity index (χ3v) is 3.27. The minimum atomic E-state index is -0.927. The molecule has 0 radical (unpaired) electrons. The Balaban J connectivity index is 1.97. The van der Waals surface area contributed by atoms with E-state index < -0.39 is 5.97 Å². The Morgan fingerprint density at radius 3 is 2.52 bits per heavy atom. The summed E-state index contributed by atoms with van der Waals surface area (Å²) < 4.78 is 0. The Bertz CT molecular complexity index is 811. The summed E-state index contributed by atoms with van der Waals surface area (Å²) in [5, 5.41) is 13.3. The number of nitrogens with zero attached hydrogens (tertiary/aromatic N) is 1. The molecule has 0 aliphatic carbocycles. The van der Waals surface area contributed by atoms with Crippen molar-refractivity contribution < 1.29 is 9.90 Å². The summed E-state index contributed by atoms with van der Waals surface area (Å²) in [5.41, 5.74) is 3.86. The van der Waals surface area contributed by atoms with Crippen molar-refractivity contribution in [3.63, 3.8) is 0 Å². The van der Waals surface area contributed by atoms with Crippen LogP contribution in [0.1, 0.15) is 16.1 Å². The van der Waals surface area contributed by atoms with E-state index in [9.17, 15) is 4.79 Å². The lowest BCUT2D eigenvalue weighted by atomic mass is 10.1. The number of aryl methyl sites for hydroxylation is 1. The summed E-state index contributed by atoms with van der Waals surface area (Å²) in [6, 6.07) is 16.6. The van der Waals surface area contributed by atoms with E-state index in [1.807, 2.05) is 37.3 Å². The summed E-state index contributed by atoms with van der Waals surface area (Å²) in [6.45, 7) is 1.96. The number of benzene rings is 2. The van der Waals surface area contributed by atoms with Crippen molar-refractivity contribution in [1.82, 2.24) is 4.98 Å². The van der Waals surface area contributed by atoms with Gasteiger partial charge in [0.15, 0.2) is 0 Å². The van der Waals surface area contributed by atoms with Crippen molar-refractivity contribution in [2.45, 2.75) is 6.92 Å². The summed E-state index contributed by atoms with van der Waals surface area (Å²) >= 11 is 0. The molecule has 3 rings (SSSR count). The largest absolute Gasteiger partial charge is 0.478 e. The number of pyridine rings is 1. The number of para-hydroxylation sites is 1. The summed E-state index contributed by atoms with van der Waals surface area (Å²) in [7, 11) is 0. The van der Waals surface area contributed by atoms with Gasteiger partial charge in [-0.25, -0.2) is 4.79 Å². The number of hydrogen-bond donors (Lipinski definition) is 2. The third-order valence-electron chi connectivity index (χ3n) is 3.27. The van der Waals surface area contributed by atoms with Gasteiger partial charge in [-0.2, -0.15) is 0 Å². The number of carboxylic acid groups (broad SMARTS) is 1. The molecule has 104 valence electrons. The van der Waals surface area contributed by atoms with Crippen molar-refractivity contribution in [1.29, 1.82) is 0 Å².